The first-order valence-corrected chi connectivity index (χ1v) is 6.93. The number of ether oxygens (including phenoxy) is 1. The SMILES string of the molecule is CC1OCCC1(O)CNCc1ccc(C(N)=O)cc1Cl. The van der Waals surface area contributed by atoms with Gasteiger partial charge in [0.1, 0.15) is 5.60 Å². The van der Waals surface area contributed by atoms with Crippen molar-refractivity contribution in [3.63, 3.8) is 0 Å². The van der Waals surface area contributed by atoms with Gasteiger partial charge < -0.3 is 20.9 Å². The summed E-state index contributed by atoms with van der Waals surface area (Å²) in [4.78, 5) is 11.0. The van der Waals surface area contributed by atoms with Gasteiger partial charge in [0.15, 0.2) is 0 Å². The third-order valence-corrected chi connectivity index (χ3v) is 4.10. The van der Waals surface area contributed by atoms with Gasteiger partial charge in [-0.2, -0.15) is 0 Å². The minimum Gasteiger partial charge on any atom is -0.386 e. The molecule has 0 radical (unpaired) electrons. The van der Waals surface area contributed by atoms with Crippen molar-refractivity contribution < 1.29 is 14.6 Å². The minimum atomic E-state index is -0.834. The van der Waals surface area contributed by atoms with E-state index in [9.17, 15) is 9.90 Å². The molecule has 2 unspecified atom stereocenters. The van der Waals surface area contributed by atoms with Crippen molar-refractivity contribution in [1.82, 2.24) is 5.32 Å². The van der Waals surface area contributed by atoms with Gasteiger partial charge in [0.25, 0.3) is 0 Å². The zero-order valence-corrected chi connectivity index (χ0v) is 12.1. The van der Waals surface area contributed by atoms with Crippen LogP contribution in [-0.4, -0.2) is 35.9 Å². The predicted octanol–water partition coefficient (Wildman–Crippen LogP) is 1.07. The Bertz CT molecular complexity index is 509. The Morgan fingerprint density at radius 1 is 1.65 bits per heavy atom. The molecule has 1 aliphatic heterocycles. The molecule has 1 amide bonds. The number of aliphatic hydroxyl groups is 1. The lowest BCUT2D eigenvalue weighted by Gasteiger charge is -2.26. The van der Waals surface area contributed by atoms with Gasteiger partial charge in [0, 0.05) is 36.7 Å². The summed E-state index contributed by atoms with van der Waals surface area (Å²) in [6.07, 6.45) is 0.443. The fourth-order valence-electron chi connectivity index (χ4n) is 2.26. The van der Waals surface area contributed by atoms with Crippen LogP contribution >= 0.6 is 11.6 Å². The molecule has 0 aliphatic carbocycles. The summed E-state index contributed by atoms with van der Waals surface area (Å²) >= 11 is 6.10. The van der Waals surface area contributed by atoms with Gasteiger partial charge in [-0.25, -0.2) is 0 Å². The Morgan fingerprint density at radius 2 is 2.40 bits per heavy atom. The highest BCUT2D eigenvalue weighted by Crippen LogP contribution is 2.25. The van der Waals surface area contributed by atoms with Crippen molar-refractivity contribution in [2.24, 2.45) is 5.73 Å². The Kier molecular flexibility index (Phi) is 4.65. The van der Waals surface area contributed by atoms with Crippen LogP contribution in [0.5, 0.6) is 0 Å². The number of amides is 1. The normalized spacial score (nSPS) is 25.9. The van der Waals surface area contributed by atoms with Crippen molar-refractivity contribution in [3.05, 3.63) is 34.3 Å². The van der Waals surface area contributed by atoms with E-state index in [0.29, 0.717) is 36.7 Å². The molecule has 6 heteroatoms. The van der Waals surface area contributed by atoms with E-state index in [1.807, 2.05) is 6.92 Å². The summed E-state index contributed by atoms with van der Waals surface area (Å²) < 4.78 is 5.37. The van der Waals surface area contributed by atoms with Crippen LogP contribution in [0.25, 0.3) is 0 Å². The molecule has 1 fully saturated rings. The first-order valence-electron chi connectivity index (χ1n) is 6.55. The summed E-state index contributed by atoms with van der Waals surface area (Å²) in [5, 5.41) is 14.0. The molecule has 0 aromatic heterocycles. The van der Waals surface area contributed by atoms with Crippen molar-refractivity contribution in [3.8, 4) is 0 Å². The molecule has 2 rings (SSSR count). The average Bonchev–Trinajstić information content (AvgIpc) is 2.71. The van der Waals surface area contributed by atoms with Crippen LogP contribution in [-0.2, 0) is 11.3 Å². The van der Waals surface area contributed by atoms with Crippen molar-refractivity contribution in [2.45, 2.75) is 31.6 Å². The van der Waals surface area contributed by atoms with E-state index in [1.165, 1.54) is 0 Å². The number of rotatable bonds is 5. The van der Waals surface area contributed by atoms with Gasteiger partial charge in [-0.05, 0) is 24.6 Å². The fraction of sp³-hybridized carbons (Fsp3) is 0.500. The summed E-state index contributed by atoms with van der Waals surface area (Å²) in [5.41, 5.74) is 5.59. The molecule has 1 aromatic rings. The molecule has 0 spiro atoms. The Morgan fingerprint density at radius 3 is 2.95 bits per heavy atom. The van der Waals surface area contributed by atoms with Gasteiger partial charge >= 0.3 is 0 Å². The lowest BCUT2D eigenvalue weighted by atomic mass is 9.96. The number of carbonyl (C=O) groups is 1. The number of benzene rings is 1. The van der Waals surface area contributed by atoms with E-state index in [-0.39, 0.29) is 6.10 Å². The van der Waals surface area contributed by atoms with Crippen LogP contribution in [0.15, 0.2) is 18.2 Å². The number of nitrogens with two attached hydrogens (primary N) is 1. The number of nitrogens with one attached hydrogen (secondary N) is 1. The molecule has 110 valence electrons. The summed E-state index contributed by atoms with van der Waals surface area (Å²) in [5.74, 6) is -0.502. The van der Waals surface area contributed by atoms with Crippen molar-refractivity contribution in [2.75, 3.05) is 13.2 Å². The van der Waals surface area contributed by atoms with Gasteiger partial charge in [-0.15, -0.1) is 0 Å². The van der Waals surface area contributed by atoms with Gasteiger partial charge in [0.05, 0.1) is 6.10 Å². The average molecular weight is 299 g/mol. The van der Waals surface area contributed by atoms with Crippen molar-refractivity contribution >= 4 is 17.5 Å². The van der Waals surface area contributed by atoms with Crippen LogP contribution in [0, 0.1) is 0 Å². The third kappa shape index (κ3) is 3.30. The molecule has 1 heterocycles. The molecule has 20 heavy (non-hydrogen) atoms. The molecule has 0 bridgehead atoms. The zero-order valence-electron chi connectivity index (χ0n) is 11.4. The number of carbonyl (C=O) groups excluding carboxylic acids is 1. The van der Waals surface area contributed by atoms with E-state index in [4.69, 9.17) is 22.1 Å². The summed E-state index contributed by atoms with van der Waals surface area (Å²) in [6, 6.07) is 4.95. The number of halogens is 1. The van der Waals surface area contributed by atoms with Crippen LogP contribution in [0.4, 0.5) is 0 Å². The second-order valence-corrected chi connectivity index (χ2v) is 5.55. The topological polar surface area (TPSA) is 84.6 Å². The zero-order chi connectivity index (χ0) is 14.8. The third-order valence-electron chi connectivity index (χ3n) is 3.74. The van der Waals surface area contributed by atoms with E-state index in [1.54, 1.807) is 18.2 Å². The molecule has 0 saturated carbocycles. The highest BCUT2D eigenvalue weighted by Gasteiger charge is 2.38. The number of hydrogen-bond acceptors (Lipinski definition) is 4. The summed E-state index contributed by atoms with van der Waals surface area (Å²) in [7, 11) is 0. The van der Waals surface area contributed by atoms with Crippen LogP contribution < -0.4 is 11.1 Å². The van der Waals surface area contributed by atoms with E-state index in [0.717, 1.165) is 5.56 Å². The largest absolute Gasteiger partial charge is 0.386 e. The predicted molar refractivity (Wildman–Crippen MR) is 76.7 cm³/mol. The first-order chi connectivity index (χ1) is 9.42. The van der Waals surface area contributed by atoms with Crippen LogP contribution in [0.2, 0.25) is 5.02 Å². The van der Waals surface area contributed by atoms with Crippen LogP contribution in [0.1, 0.15) is 29.3 Å². The Labute approximate surface area is 123 Å². The van der Waals surface area contributed by atoms with Crippen LogP contribution in [0.3, 0.4) is 0 Å². The molecule has 2 atom stereocenters. The highest BCUT2D eigenvalue weighted by atomic mass is 35.5. The van der Waals surface area contributed by atoms with E-state index in [2.05, 4.69) is 5.32 Å². The van der Waals surface area contributed by atoms with Gasteiger partial charge in [0.2, 0.25) is 5.91 Å². The monoisotopic (exact) mass is 298 g/mol. The molecule has 1 aromatic carbocycles. The maximum Gasteiger partial charge on any atom is 0.248 e. The molecular weight excluding hydrogens is 280 g/mol. The van der Waals surface area contributed by atoms with Gasteiger partial charge in [-0.1, -0.05) is 17.7 Å². The quantitative estimate of drug-likeness (QED) is 0.759. The second kappa shape index (κ2) is 6.10. The molecule has 4 N–H and O–H groups in total. The number of hydrogen-bond donors (Lipinski definition) is 3. The summed E-state index contributed by atoms with van der Waals surface area (Å²) in [6.45, 7) is 3.38. The Balaban J connectivity index is 1.93. The standard InChI is InChI=1S/C14H19ClN2O3/c1-9-14(19,4-5-20-9)8-17-7-11-3-2-10(13(16)18)6-12(11)15/h2-3,6,9,17,19H,4-5,7-8H2,1H3,(H2,16,18). The molecule has 1 saturated heterocycles. The maximum atomic E-state index is 11.0. The van der Waals surface area contributed by atoms with Crippen molar-refractivity contribution in [1.29, 1.82) is 0 Å². The molecule has 1 aliphatic rings. The number of primary amides is 1. The Hall–Kier alpha value is -1.14. The molecular formula is C14H19ClN2O3. The minimum absolute atomic E-state index is 0.178. The van der Waals surface area contributed by atoms with Gasteiger partial charge in [-0.3, -0.25) is 4.79 Å². The second-order valence-electron chi connectivity index (χ2n) is 5.14. The lowest BCUT2D eigenvalue weighted by Crippen LogP contribution is -2.45. The van der Waals surface area contributed by atoms with E-state index < -0.39 is 11.5 Å². The highest BCUT2D eigenvalue weighted by molar-refractivity contribution is 6.31. The first kappa shape index (κ1) is 15.3. The smallest absolute Gasteiger partial charge is 0.248 e. The molecule has 5 nitrogen and oxygen atoms in total. The maximum absolute atomic E-state index is 11.0. The van der Waals surface area contributed by atoms with E-state index >= 15 is 0 Å². The lowest BCUT2D eigenvalue weighted by molar-refractivity contribution is -0.0262. The fourth-order valence-corrected chi connectivity index (χ4v) is 2.51.